The lowest BCUT2D eigenvalue weighted by molar-refractivity contribution is -0.137. The van der Waals surface area contributed by atoms with Gasteiger partial charge in [-0.15, -0.1) is 0 Å². The average molecular weight is 369 g/mol. The van der Waals surface area contributed by atoms with Crippen LogP contribution in [0.2, 0.25) is 0 Å². The maximum Gasteiger partial charge on any atom is 0.222 e. The van der Waals surface area contributed by atoms with E-state index in [1.807, 2.05) is 6.07 Å². The second kappa shape index (κ2) is 8.45. The van der Waals surface area contributed by atoms with Gasteiger partial charge in [0.05, 0.1) is 6.04 Å². The van der Waals surface area contributed by atoms with Crippen LogP contribution in [0.1, 0.15) is 81.4 Å². The second-order valence-electron chi connectivity index (χ2n) is 8.55. The summed E-state index contributed by atoms with van der Waals surface area (Å²) < 4.78 is 0. The summed E-state index contributed by atoms with van der Waals surface area (Å²) in [5, 5.41) is 3.17. The molecule has 3 aliphatic rings. The van der Waals surface area contributed by atoms with Crippen LogP contribution in [0.3, 0.4) is 0 Å². The minimum absolute atomic E-state index is 0.0821. The van der Waals surface area contributed by atoms with E-state index in [2.05, 4.69) is 28.4 Å². The van der Waals surface area contributed by atoms with Crippen molar-refractivity contribution in [3.8, 4) is 0 Å². The van der Waals surface area contributed by atoms with Crippen molar-refractivity contribution >= 4 is 11.8 Å². The van der Waals surface area contributed by atoms with Gasteiger partial charge in [0.15, 0.2) is 0 Å². The van der Waals surface area contributed by atoms with E-state index in [0.29, 0.717) is 25.3 Å². The molecule has 1 N–H and O–H groups in total. The number of aryl methyl sites for hydroxylation is 1. The number of nitrogens with one attached hydrogen (secondary N) is 1. The summed E-state index contributed by atoms with van der Waals surface area (Å²) in [5.74, 6) is 1.08. The zero-order valence-corrected chi connectivity index (χ0v) is 16.3. The van der Waals surface area contributed by atoms with Crippen molar-refractivity contribution in [2.45, 2.75) is 82.7 Å². The van der Waals surface area contributed by atoms with Gasteiger partial charge < -0.3 is 10.2 Å². The van der Waals surface area contributed by atoms with Crippen LogP contribution in [0.4, 0.5) is 0 Å². The lowest BCUT2D eigenvalue weighted by atomic mass is 9.78. The number of hydrogen-bond acceptors (Lipinski definition) is 2. The summed E-state index contributed by atoms with van der Waals surface area (Å²) in [5.41, 5.74) is 2.61. The van der Waals surface area contributed by atoms with Crippen molar-refractivity contribution in [3.63, 3.8) is 0 Å². The first kappa shape index (κ1) is 18.5. The van der Waals surface area contributed by atoms with Crippen molar-refractivity contribution in [2.75, 3.05) is 6.54 Å². The Morgan fingerprint density at radius 3 is 2.74 bits per heavy atom. The molecule has 0 spiro atoms. The van der Waals surface area contributed by atoms with Crippen LogP contribution in [0.5, 0.6) is 0 Å². The van der Waals surface area contributed by atoms with Crippen molar-refractivity contribution < 1.29 is 9.59 Å². The molecular formula is C23H32N2O2. The molecule has 146 valence electrons. The quantitative estimate of drug-likeness (QED) is 0.849. The highest BCUT2D eigenvalue weighted by Crippen LogP contribution is 2.35. The van der Waals surface area contributed by atoms with E-state index in [4.69, 9.17) is 0 Å². The fourth-order valence-electron chi connectivity index (χ4n) is 5.45. The molecule has 1 saturated heterocycles. The van der Waals surface area contributed by atoms with Crippen molar-refractivity contribution in [2.24, 2.45) is 5.92 Å². The van der Waals surface area contributed by atoms with Gasteiger partial charge in [-0.2, -0.15) is 0 Å². The number of nitrogens with zero attached hydrogens (tertiary/aromatic N) is 1. The van der Waals surface area contributed by atoms with Gasteiger partial charge >= 0.3 is 0 Å². The van der Waals surface area contributed by atoms with Crippen LogP contribution in [0, 0.1) is 5.92 Å². The fraction of sp³-hybridized carbons (Fsp3) is 0.652. The first-order valence-electron chi connectivity index (χ1n) is 10.9. The molecule has 2 fully saturated rings. The van der Waals surface area contributed by atoms with E-state index in [9.17, 15) is 9.59 Å². The molecule has 1 aromatic carbocycles. The van der Waals surface area contributed by atoms with E-state index in [1.54, 1.807) is 0 Å². The van der Waals surface area contributed by atoms with Gasteiger partial charge in [-0.05, 0) is 62.0 Å². The maximum atomic E-state index is 12.7. The Morgan fingerprint density at radius 1 is 1.00 bits per heavy atom. The molecule has 4 heteroatoms. The van der Waals surface area contributed by atoms with Gasteiger partial charge in [0.25, 0.3) is 0 Å². The molecule has 4 rings (SSSR count). The van der Waals surface area contributed by atoms with Crippen molar-refractivity contribution in [3.05, 3.63) is 35.4 Å². The van der Waals surface area contributed by atoms with Crippen molar-refractivity contribution in [1.82, 2.24) is 10.2 Å². The minimum Gasteiger partial charge on any atom is -0.349 e. The highest BCUT2D eigenvalue weighted by molar-refractivity contribution is 5.79. The van der Waals surface area contributed by atoms with Gasteiger partial charge in [-0.1, -0.05) is 37.1 Å². The van der Waals surface area contributed by atoms with E-state index in [-0.39, 0.29) is 17.9 Å². The molecule has 1 aliphatic heterocycles. The molecule has 4 nitrogen and oxygen atoms in total. The Balaban J connectivity index is 1.22. The molecule has 1 aromatic rings. The van der Waals surface area contributed by atoms with E-state index < -0.39 is 0 Å². The molecule has 0 bridgehead atoms. The number of benzene rings is 1. The summed E-state index contributed by atoms with van der Waals surface area (Å²) in [6, 6.07) is 8.99. The second-order valence-corrected chi connectivity index (χ2v) is 8.55. The van der Waals surface area contributed by atoms with Gasteiger partial charge in [-0.25, -0.2) is 0 Å². The van der Waals surface area contributed by atoms with Crippen LogP contribution in [0.15, 0.2) is 24.3 Å². The number of hydrogen-bond donors (Lipinski definition) is 1. The molecule has 3 atom stereocenters. The Labute approximate surface area is 162 Å². The highest BCUT2D eigenvalue weighted by atomic mass is 16.2. The fourth-order valence-corrected chi connectivity index (χ4v) is 5.45. The Kier molecular flexibility index (Phi) is 5.80. The number of amides is 2. The predicted octanol–water partition coefficient (Wildman–Crippen LogP) is 4.14. The standard InChI is InChI=1S/C23H32N2O2/c26-22(24-20-15-14-17-7-1-3-10-19(17)20)12-5-13-23(27)25-16-6-9-18-8-2-4-11-21(18)25/h1,3,7,10,18,20-21H,2,4-6,8-9,11-16H2,(H,24,26). The number of piperidine rings is 1. The monoisotopic (exact) mass is 368 g/mol. The van der Waals surface area contributed by atoms with Crippen LogP contribution in [-0.4, -0.2) is 29.3 Å². The molecule has 0 aromatic heterocycles. The summed E-state index contributed by atoms with van der Waals surface area (Å²) >= 11 is 0. The number of carbonyl (C=O) groups is 2. The molecule has 2 amide bonds. The number of carbonyl (C=O) groups excluding carboxylic acids is 2. The molecule has 1 saturated carbocycles. The highest BCUT2D eigenvalue weighted by Gasteiger charge is 2.35. The topological polar surface area (TPSA) is 49.4 Å². The van der Waals surface area contributed by atoms with Gasteiger partial charge in [-0.3, -0.25) is 9.59 Å². The van der Waals surface area contributed by atoms with Gasteiger partial charge in [0, 0.05) is 25.4 Å². The lowest BCUT2D eigenvalue weighted by Gasteiger charge is -2.44. The number of likely N-dealkylation sites (tertiary alicyclic amines) is 1. The average Bonchev–Trinajstić information content (AvgIpc) is 3.10. The smallest absolute Gasteiger partial charge is 0.222 e. The SMILES string of the molecule is O=C(CCCC(=O)N1CCCC2CCCCC21)NC1CCc2ccccc21. The van der Waals surface area contributed by atoms with Crippen molar-refractivity contribution in [1.29, 1.82) is 0 Å². The molecule has 3 unspecified atom stereocenters. The van der Waals surface area contributed by atoms with Crippen LogP contribution in [0.25, 0.3) is 0 Å². The number of rotatable bonds is 5. The van der Waals surface area contributed by atoms with Crippen LogP contribution in [-0.2, 0) is 16.0 Å². The minimum atomic E-state index is 0.0821. The third-order valence-electron chi connectivity index (χ3n) is 6.83. The summed E-state index contributed by atoms with van der Waals surface area (Å²) in [7, 11) is 0. The third-order valence-corrected chi connectivity index (χ3v) is 6.83. The van der Waals surface area contributed by atoms with Gasteiger partial charge in [0.2, 0.25) is 11.8 Å². The Hall–Kier alpha value is -1.84. The van der Waals surface area contributed by atoms with E-state index in [1.165, 1.54) is 43.2 Å². The predicted molar refractivity (Wildman–Crippen MR) is 106 cm³/mol. The molecule has 0 radical (unpaired) electrons. The first-order valence-corrected chi connectivity index (χ1v) is 10.9. The zero-order chi connectivity index (χ0) is 18.6. The van der Waals surface area contributed by atoms with Crippen LogP contribution >= 0.6 is 0 Å². The summed E-state index contributed by atoms with van der Waals surface area (Å²) in [4.78, 5) is 27.2. The summed E-state index contributed by atoms with van der Waals surface area (Å²) in [6.45, 7) is 0.922. The Bertz CT molecular complexity index is 685. The zero-order valence-electron chi connectivity index (χ0n) is 16.3. The molecule has 2 aliphatic carbocycles. The Morgan fingerprint density at radius 2 is 1.81 bits per heavy atom. The lowest BCUT2D eigenvalue weighted by Crippen LogP contribution is -2.49. The molecule has 1 heterocycles. The van der Waals surface area contributed by atoms with E-state index in [0.717, 1.165) is 31.7 Å². The maximum absolute atomic E-state index is 12.7. The summed E-state index contributed by atoms with van der Waals surface area (Å²) in [6.07, 6.45) is 11.1. The van der Waals surface area contributed by atoms with E-state index >= 15 is 0 Å². The molecular weight excluding hydrogens is 336 g/mol. The number of fused-ring (bicyclic) bond motifs is 2. The third kappa shape index (κ3) is 4.20. The van der Waals surface area contributed by atoms with Gasteiger partial charge in [0.1, 0.15) is 0 Å². The van der Waals surface area contributed by atoms with Crippen LogP contribution < -0.4 is 5.32 Å². The first-order chi connectivity index (χ1) is 13.2. The molecule has 27 heavy (non-hydrogen) atoms. The normalized spacial score (nSPS) is 27.0. The largest absolute Gasteiger partial charge is 0.349 e.